The van der Waals surface area contributed by atoms with Gasteiger partial charge in [-0.3, -0.25) is 0 Å². The summed E-state index contributed by atoms with van der Waals surface area (Å²) in [5, 5.41) is 0. The monoisotopic (exact) mass is 243 g/mol. The number of halogens is 3. The molecule has 2 rings (SSSR count). The predicted octanol–water partition coefficient (Wildman–Crippen LogP) is 3.88. The molecule has 0 aliphatic heterocycles. The van der Waals surface area contributed by atoms with Gasteiger partial charge in [-0.2, -0.15) is 0 Å². The van der Waals surface area contributed by atoms with Gasteiger partial charge in [-0.25, -0.2) is 13.2 Å². The second kappa shape index (κ2) is 4.69. The number of hydrogen-bond donors (Lipinski definition) is 1. The average Bonchev–Trinajstić information content (AvgIpc) is 2.29. The van der Waals surface area contributed by atoms with Crippen LogP contribution in [0, 0.1) is 5.82 Å². The van der Waals surface area contributed by atoms with Gasteiger partial charge in [-0.05, 0) is 24.5 Å². The lowest BCUT2D eigenvalue weighted by atomic mass is 9.77. The second-order valence-electron chi connectivity index (χ2n) is 4.75. The minimum atomic E-state index is -2.77. The fraction of sp³-hybridized carbons (Fsp3) is 0.538. The molecule has 0 spiro atoms. The van der Waals surface area contributed by atoms with E-state index in [1.807, 2.05) is 0 Å². The van der Waals surface area contributed by atoms with Gasteiger partial charge in [0.15, 0.2) is 0 Å². The van der Waals surface area contributed by atoms with Crippen molar-refractivity contribution in [3.8, 4) is 0 Å². The van der Waals surface area contributed by atoms with Crippen molar-refractivity contribution < 1.29 is 13.2 Å². The smallest absolute Gasteiger partial charge is 0.266 e. The van der Waals surface area contributed by atoms with E-state index in [0.29, 0.717) is 5.56 Å². The highest BCUT2D eigenvalue weighted by molar-refractivity contribution is 5.30. The summed E-state index contributed by atoms with van der Waals surface area (Å²) in [6.07, 6.45) is 1.96. The molecule has 94 valence electrons. The number of nitrogens with two attached hydrogens (primary N) is 1. The van der Waals surface area contributed by atoms with Gasteiger partial charge in [0.05, 0.1) is 5.56 Å². The second-order valence-corrected chi connectivity index (χ2v) is 4.75. The summed E-state index contributed by atoms with van der Waals surface area (Å²) < 4.78 is 38.3. The molecule has 0 radical (unpaired) electrons. The maximum Gasteiger partial charge on any atom is 0.266 e. The Balaban J connectivity index is 2.30. The van der Waals surface area contributed by atoms with Crippen LogP contribution in [0.2, 0.25) is 0 Å². The molecular formula is C13H16F3N. The molecule has 2 N–H and O–H groups in total. The molecule has 0 amide bonds. The number of benzene rings is 1. The van der Waals surface area contributed by atoms with Gasteiger partial charge in [-0.1, -0.05) is 31.4 Å². The van der Waals surface area contributed by atoms with Gasteiger partial charge in [0.1, 0.15) is 5.82 Å². The van der Waals surface area contributed by atoms with E-state index < -0.39 is 23.3 Å². The van der Waals surface area contributed by atoms with Crippen LogP contribution in [0.25, 0.3) is 0 Å². The number of rotatable bonds is 2. The zero-order valence-corrected chi connectivity index (χ0v) is 9.56. The molecule has 0 unspecified atom stereocenters. The Hall–Kier alpha value is -1.03. The van der Waals surface area contributed by atoms with Crippen LogP contribution >= 0.6 is 0 Å². The quantitative estimate of drug-likeness (QED) is 0.838. The summed E-state index contributed by atoms with van der Waals surface area (Å²) in [5.74, 6) is -0.854. The third kappa shape index (κ3) is 2.46. The van der Waals surface area contributed by atoms with Crippen molar-refractivity contribution in [2.45, 2.75) is 44.1 Å². The molecule has 1 aliphatic carbocycles. The van der Waals surface area contributed by atoms with Crippen molar-refractivity contribution in [3.63, 3.8) is 0 Å². The highest BCUT2D eigenvalue weighted by Gasteiger charge is 2.30. The number of hydrogen-bond acceptors (Lipinski definition) is 1. The molecule has 17 heavy (non-hydrogen) atoms. The standard InChI is InChI=1S/C13H16F3N/c14-11-8-9(4-5-10(11)12(15)16)13(17)6-2-1-3-7-13/h4-5,8,12H,1-3,6-7,17H2. The Morgan fingerprint density at radius 2 is 1.76 bits per heavy atom. The largest absolute Gasteiger partial charge is 0.321 e. The molecule has 0 saturated heterocycles. The van der Waals surface area contributed by atoms with E-state index in [1.165, 1.54) is 12.1 Å². The predicted molar refractivity (Wildman–Crippen MR) is 60.3 cm³/mol. The fourth-order valence-electron chi connectivity index (χ4n) is 2.49. The maximum atomic E-state index is 13.5. The van der Waals surface area contributed by atoms with E-state index in [2.05, 4.69) is 0 Å². The Labute approximate surface area is 98.8 Å². The first-order valence-corrected chi connectivity index (χ1v) is 5.90. The number of alkyl halides is 2. The zero-order valence-electron chi connectivity index (χ0n) is 9.56. The molecule has 1 aliphatic rings. The Morgan fingerprint density at radius 1 is 1.12 bits per heavy atom. The third-order valence-corrected chi connectivity index (χ3v) is 3.56. The fourth-order valence-corrected chi connectivity index (χ4v) is 2.49. The van der Waals surface area contributed by atoms with Crippen LogP contribution in [-0.2, 0) is 5.54 Å². The van der Waals surface area contributed by atoms with Crippen molar-refractivity contribution in [1.29, 1.82) is 0 Å². The lowest BCUT2D eigenvalue weighted by Gasteiger charge is -2.34. The van der Waals surface area contributed by atoms with Crippen LogP contribution in [-0.4, -0.2) is 0 Å². The molecule has 1 aromatic rings. The van der Waals surface area contributed by atoms with Crippen LogP contribution in [0.4, 0.5) is 13.2 Å². The molecule has 0 bridgehead atoms. The molecule has 4 heteroatoms. The van der Waals surface area contributed by atoms with Crippen molar-refractivity contribution in [1.82, 2.24) is 0 Å². The third-order valence-electron chi connectivity index (χ3n) is 3.56. The first-order chi connectivity index (χ1) is 8.03. The van der Waals surface area contributed by atoms with E-state index >= 15 is 0 Å². The van der Waals surface area contributed by atoms with Crippen molar-refractivity contribution in [2.24, 2.45) is 5.73 Å². The highest BCUT2D eigenvalue weighted by atomic mass is 19.3. The van der Waals surface area contributed by atoms with Crippen molar-refractivity contribution in [3.05, 3.63) is 35.1 Å². The molecule has 0 atom stereocenters. The summed E-state index contributed by atoms with van der Waals surface area (Å²) in [6.45, 7) is 0. The minimum Gasteiger partial charge on any atom is -0.321 e. The summed E-state index contributed by atoms with van der Waals surface area (Å²) in [5.41, 5.74) is 5.77. The first kappa shape index (κ1) is 12.4. The van der Waals surface area contributed by atoms with E-state index in [4.69, 9.17) is 5.73 Å². The van der Waals surface area contributed by atoms with Crippen LogP contribution in [0.1, 0.15) is 49.7 Å². The summed E-state index contributed by atoms with van der Waals surface area (Å²) in [7, 11) is 0. The van der Waals surface area contributed by atoms with Gasteiger partial charge in [0.25, 0.3) is 6.43 Å². The van der Waals surface area contributed by atoms with Crippen molar-refractivity contribution in [2.75, 3.05) is 0 Å². The van der Waals surface area contributed by atoms with Crippen LogP contribution in [0.15, 0.2) is 18.2 Å². The van der Waals surface area contributed by atoms with E-state index in [1.54, 1.807) is 0 Å². The van der Waals surface area contributed by atoms with Crippen LogP contribution < -0.4 is 5.73 Å². The molecular weight excluding hydrogens is 227 g/mol. The minimum absolute atomic E-state index is 0.542. The lowest BCUT2D eigenvalue weighted by molar-refractivity contribution is 0.146. The normalized spacial score (nSPS) is 19.6. The maximum absolute atomic E-state index is 13.5. The lowest BCUT2D eigenvalue weighted by Crippen LogP contribution is -2.38. The molecule has 1 fully saturated rings. The van der Waals surface area contributed by atoms with Gasteiger partial charge in [0.2, 0.25) is 0 Å². The topological polar surface area (TPSA) is 26.0 Å². The Morgan fingerprint density at radius 3 is 2.29 bits per heavy atom. The van der Waals surface area contributed by atoms with Gasteiger partial charge >= 0.3 is 0 Å². The molecule has 1 nitrogen and oxygen atoms in total. The molecule has 0 heterocycles. The van der Waals surface area contributed by atoms with Crippen LogP contribution in [0.3, 0.4) is 0 Å². The highest BCUT2D eigenvalue weighted by Crippen LogP contribution is 2.36. The van der Waals surface area contributed by atoms with E-state index in [0.717, 1.165) is 38.2 Å². The average molecular weight is 243 g/mol. The van der Waals surface area contributed by atoms with Gasteiger partial charge in [0, 0.05) is 5.54 Å². The first-order valence-electron chi connectivity index (χ1n) is 5.90. The molecule has 1 aromatic carbocycles. The molecule has 0 aromatic heterocycles. The van der Waals surface area contributed by atoms with Crippen molar-refractivity contribution >= 4 is 0 Å². The SMILES string of the molecule is NC1(c2ccc(C(F)F)c(F)c2)CCCCC1. The zero-order chi connectivity index (χ0) is 12.5. The van der Waals surface area contributed by atoms with Crippen LogP contribution in [0.5, 0.6) is 0 Å². The molecule has 1 saturated carbocycles. The summed E-state index contributed by atoms with van der Waals surface area (Å²) >= 11 is 0. The van der Waals surface area contributed by atoms with Gasteiger partial charge < -0.3 is 5.73 Å². The van der Waals surface area contributed by atoms with E-state index in [9.17, 15) is 13.2 Å². The van der Waals surface area contributed by atoms with Gasteiger partial charge in [-0.15, -0.1) is 0 Å². The Bertz CT molecular complexity index is 398. The Kier molecular flexibility index (Phi) is 3.43. The van der Waals surface area contributed by atoms with E-state index in [-0.39, 0.29) is 0 Å². The summed E-state index contributed by atoms with van der Waals surface area (Å²) in [6, 6.07) is 3.86. The summed E-state index contributed by atoms with van der Waals surface area (Å²) in [4.78, 5) is 0.